The van der Waals surface area contributed by atoms with E-state index in [9.17, 15) is 8.78 Å². The van der Waals surface area contributed by atoms with Gasteiger partial charge in [-0.05, 0) is 43.5 Å². The molecule has 112 valence electrons. The highest BCUT2D eigenvalue weighted by molar-refractivity contribution is 5.17. The van der Waals surface area contributed by atoms with Gasteiger partial charge in [-0.25, -0.2) is 8.78 Å². The van der Waals surface area contributed by atoms with Crippen molar-refractivity contribution >= 4 is 0 Å². The summed E-state index contributed by atoms with van der Waals surface area (Å²) in [6.07, 6.45) is 7.72. The van der Waals surface area contributed by atoms with Crippen LogP contribution in [0.1, 0.15) is 44.1 Å². The minimum absolute atomic E-state index is 0.454. The van der Waals surface area contributed by atoms with Crippen LogP contribution in [-0.4, -0.2) is 19.3 Å². The number of ether oxygens (including phenoxy) is 1. The third-order valence-electron chi connectivity index (χ3n) is 3.72. The predicted octanol–water partition coefficient (Wildman–Crippen LogP) is 3.79. The molecule has 1 aromatic rings. The highest BCUT2D eigenvalue weighted by Crippen LogP contribution is 2.20. The van der Waals surface area contributed by atoms with E-state index in [1.54, 1.807) is 6.07 Å². The zero-order chi connectivity index (χ0) is 14.2. The molecule has 0 amide bonds. The van der Waals surface area contributed by atoms with E-state index in [1.165, 1.54) is 44.2 Å². The van der Waals surface area contributed by atoms with Gasteiger partial charge in [0.05, 0.1) is 6.10 Å². The van der Waals surface area contributed by atoms with Crippen LogP contribution >= 0.6 is 0 Å². The molecule has 2 rings (SSSR count). The second-order valence-corrected chi connectivity index (χ2v) is 5.41. The smallest absolute Gasteiger partial charge is 0.159 e. The van der Waals surface area contributed by atoms with Crippen molar-refractivity contribution in [2.24, 2.45) is 0 Å². The lowest BCUT2D eigenvalue weighted by atomic mass is 9.98. The monoisotopic (exact) mass is 283 g/mol. The van der Waals surface area contributed by atoms with Crippen molar-refractivity contribution in [3.05, 3.63) is 35.4 Å². The average molecular weight is 283 g/mol. The highest BCUT2D eigenvalue weighted by atomic mass is 19.2. The number of nitrogens with one attached hydrogen (secondary N) is 1. The van der Waals surface area contributed by atoms with Crippen molar-refractivity contribution < 1.29 is 13.5 Å². The molecule has 0 atom stereocenters. The molecule has 1 fully saturated rings. The van der Waals surface area contributed by atoms with Gasteiger partial charge in [0.15, 0.2) is 11.6 Å². The summed E-state index contributed by atoms with van der Waals surface area (Å²) < 4.78 is 31.6. The van der Waals surface area contributed by atoms with E-state index < -0.39 is 11.6 Å². The number of benzene rings is 1. The zero-order valence-electron chi connectivity index (χ0n) is 11.8. The van der Waals surface area contributed by atoms with E-state index >= 15 is 0 Å². The van der Waals surface area contributed by atoms with Crippen molar-refractivity contribution in [3.8, 4) is 0 Å². The molecule has 0 aromatic heterocycles. The first-order valence-corrected chi connectivity index (χ1v) is 7.52. The Bertz CT molecular complexity index is 405. The maximum atomic E-state index is 13.0. The van der Waals surface area contributed by atoms with E-state index in [1.807, 2.05) is 0 Å². The summed E-state index contributed by atoms with van der Waals surface area (Å²) in [6, 6.07) is 4.00. The normalized spacial score (nSPS) is 16.5. The van der Waals surface area contributed by atoms with Crippen LogP contribution in [0.25, 0.3) is 0 Å². The molecular formula is C16H23F2NO. The molecule has 1 N–H and O–H groups in total. The van der Waals surface area contributed by atoms with Crippen LogP contribution < -0.4 is 5.32 Å². The van der Waals surface area contributed by atoms with Crippen LogP contribution in [0.15, 0.2) is 18.2 Å². The third kappa shape index (κ3) is 5.17. The summed E-state index contributed by atoms with van der Waals surface area (Å²) in [5, 5.41) is 3.22. The van der Waals surface area contributed by atoms with Crippen LogP contribution in [0.3, 0.4) is 0 Å². The molecule has 4 heteroatoms. The summed E-state index contributed by atoms with van der Waals surface area (Å²) in [6.45, 7) is 2.15. The van der Waals surface area contributed by atoms with Crippen molar-refractivity contribution in [2.75, 3.05) is 13.2 Å². The van der Waals surface area contributed by atoms with E-state index in [-0.39, 0.29) is 0 Å². The maximum absolute atomic E-state index is 13.0. The predicted molar refractivity (Wildman–Crippen MR) is 75.5 cm³/mol. The summed E-state index contributed by atoms with van der Waals surface area (Å²) >= 11 is 0. The molecule has 1 aliphatic carbocycles. The number of rotatable bonds is 7. The first kappa shape index (κ1) is 15.4. The molecule has 0 spiro atoms. The van der Waals surface area contributed by atoms with Crippen LogP contribution in [0, 0.1) is 11.6 Å². The van der Waals surface area contributed by atoms with E-state index in [0.29, 0.717) is 12.6 Å². The number of hydrogen-bond donors (Lipinski definition) is 1. The lowest BCUT2D eigenvalue weighted by Gasteiger charge is -2.21. The molecule has 20 heavy (non-hydrogen) atoms. The molecule has 2 nitrogen and oxygen atoms in total. The van der Waals surface area contributed by atoms with E-state index in [4.69, 9.17) is 4.74 Å². The standard InChI is InChI=1S/C16H23F2NO/c17-15-8-7-13(11-16(15)18)12-19-9-4-10-20-14-5-2-1-3-6-14/h7-8,11,14,19H,1-6,9-10,12H2. The fourth-order valence-electron chi connectivity index (χ4n) is 2.56. The molecule has 1 aromatic carbocycles. The van der Waals surface area contributed by atoms with Gasteiger partial charge < -0.3 is 10.1 Å². The van der Waals surface area contributed by atoms with Gasteiger partial charge in [0, 0.05) is 13.2 Å². The molecule has 1 aliphatic rings. The number of hydrogen-bond acceptors (Lipinski definition) is 2. The molecule has 0 aliphatic heterocycles. The molecule has 0 bridgehead atoms. The van der Waals surface area contributed by atoms with Gasteiger partial charge in [-0.3, -0.25) is 0 Å². The lowest BCUT2D eigenvalue weighted by molar-refractivity contribution is 0.0273. The minimum atomic E-state index is -0.797. The Kier molecular flexibility index (Phi) is 6.40. The molecule has 0 heterocycles. The fraction of sp³-hybridized carbons (Fsp3) is 0.625. The Morgan fingerprint density at radius 1 is 1.10 bits per heavy atom. The van der Waals surface area contributed by atoms with E-state index in [2.05, 4.69) is 5.32 Å². The molecule has 0 unspecified atom stereocenters. The minimum Gasteiger partial charge on any atom is -0.378 e. The van der Waals surface area contributed by atoms with Gasteiger partial charge in [0.25, 0.3) is 0 Å². The molecular weight excluding hydrogens is 260 g/mol. The molecule has 1 saturated carbocycles. The maximum Gasteiger partial charge on any atom is 0.159 e. The van der Waals surface area contributed by atoms with Crippen LogP contribution in [0.4, 0.5) is 8.78 Å². The van der Waals surface area contributed by atoms with Crippen molar-refractivity contribution in [1.29, 1.82) is 0 Å². The Morgan fingerprint density at radius 3 is 2.65 bits per heavy atom. The van der Waals surface area contributed by atoms with Crippen LogP contribution in [0.5, 0.6) is 0 Å². The Hall–Kier alpha value is -1.00. The Morgan fingerprint density at radius 2 is 1.90 bits per heavy atom. The summed E-state index contributed by atoms with van der Waals surface area (Å²) in [5.74, 6) is -1.58. The summed E-state index contributed by atoms with van der Waals surface area (Å²) in [4.78, 5) is 0. The first-order chi connectivity index (χ1) is 9.75. The molecule has 0 saturated heterocycles. The first-order valence-electron chi connectivity index (χ1n) is 7.52. The quantitative estimate of drug-likeness (QED) is 0.769. The molecule has 0 radical (unpaired) electrons. The summed E-state index contributed by atoms with van der Waals surface area (Å²) in [5.41, 5.74) is 0.761. The van der Waals surface area contributed by atoms with E-state index in [0.717, 1.165) is 25.1 Å². The third-order valence-corrected chi connectivity index (χ3v) is 3.72. The zero-order valence-corrected chi connectivity index (χ0v) is 11.8. The lowest BCUT2D eigenvalue weighted by Crippen LogP contribution is -2.20. The van der Waals surface area contributed by atoms with Crippen molar-refractivity contribution in [3.63, 3.8) is 0 Å². The highest BCUT2D eigenvalue weighted by Gasteiger charge is 2.12. The second kappa shape index (κ2) is 8.32. The SMILES string of the molecule is Fc1ccc(CNCCCOC2CCCCC2)cc1F. The fourth-order valence-corrected chi connectivity index (χ4v) is 2.56. The average Bonchev–Trinajstić information content (AvgIpc) is 2.47. The van der Waals surface area contributed by atoms with Gasteiger partial charge in [-0.1, -0.05) is 25.3 Å². The largest absolute Gasteiger partial charge is 0.378 e. The van der Waals surface area contributed by atoms with Crippen molar-refractivity contribution in [1.82, 2.24) is 5.32 Å². The van der Waals surface area contributed by atoms with Gasteiger partial charge in [0.2, 0.25) is 0 Å². The van der Waals surface area contributed by atoms with Crippen LogP contribution in [0.2, 0.25) is 0 Å². The Labute approximate surface area is 119 Å². The summed E-state index contributed by atoms with van der Waals surface area (Å²) in [7, 11) is 0. The topological polar surface area (TPSA) is 21.3 Å². The van der Waals surface area contributed by atoms with Gasteiger partial charge in [-0.2, -0.15) is 0 Å². The van der Waals surface area contributed by atoms with Gasteiger partial charge >= 0.3 is 0 Å². The Balaban J connectivity index is 1.53. The van der Waals surface area contributed by atoms with Gasteiger partial charge in [0.1, 0.15) is 0 Å². The van der Waals surface area contributed by atoms with Gasteiger partial charge in [-0.15, -0.1) is 0 Å². The second-order valence-electron chi connectivity index (χ2n) is 5.41. The van der Waals surface area contributed by atoms with Crippen molar-refractivity contribution in [2.45, 2.75) is 51.2 Å². The number of halogens is 2. The van der Waals surface area contributed by atoms with Crippen LogP contribution in [-0.2, 0) is 11.3 Å².